The summed E-state index contributed by atoms with van der Waals surface area (Å²) in [4.78, 5) is 4.31. The molecule has 0 spiro atoms. The van der Waals surface area contributed by atoms with Crippen molar-refractivity contribution >= 4 is 11.8 Å². The quantitative estimate of drug-likeness (QED) is 0.721. The average molecular weight is 260 g/mol. The van der Waals surface area contributed by atoms with Gasteiger partial charge in [-0.15, -0.1) is 11.8 Å². The number of thioether (sulfide) groups is 1. The Kier molecular flexibility index (Phi) is 2.59. The largest absolute Gasteiger partial charge is 0.360 e. The Morgan fingerprint density at radius 2 is 2.33 bits per heavy atom. The van der Waals surface area contributed by atoms with Gasteiger partial charge in [-0.1, -0.05) is 13.0 Å². The van der Waals surface area contributed by atoms with Crippen LogP contribution in [0.25, 0.3) is 0 Å². The van der Waals surface area contributed by atoms with E-state index in [9.17, 15) is 0 Å². The molecule has 0 aromatic carbocycles. The van der Waals surface area contributed by atoms with E-state index in [1.54, 1.807) is 21.7 Å². The van der Waals surface area contributed by atoms with Crippen molar-refractivity contribution < 1.29 is 0 Å². The van der Waals surface area contributed by atoms with Crippen molar-refractivity contribution in [3.63, 3.8) is 0 Å². The van der Waals surface area contributed by atoms with E-state index in [2.05, 4.69) is 28.6 Å². The molecule has 3 heteroatoms. The van der Waals surface area contributed by atoms with Gasteiger partial charge in [-0.2, -0.15) is 0 Å². The molecular weight excluding hydrogens is 240 g/mol. The summed E-state index contributed by atoms with van der Waals surface area (Å²) in [6.07, 6.45) is 6.19. The molecular formula is C15H20N2S. The van der Waals surface area contributed by atoms with Gasteiger partial charge >= 0.3 is 0 Å². The maximum atomic E-state index is 3.57. The third-order valence-corrected chi connectivity index (χ3v) is 5.58. The molecule has 0 aromatic heterocycles. The Bertz CT molecular complexity index is 475. The minimum absolute atomic E-state index is 0.694. The minimum atomic E-state index is 0.694. The lowest BCUT2D eigenvalue weighted by molar-refractivity contribution is 0.298. The molecule has 1 fully saturated rings. The standard InChI is InChI=1S/C15H20N2S/c1-10-7-11-12-9-16-4-3-13(12)17-5-2-6-18-14(8-10)15(11)17/h2,6,10,13,16H,3-5,7-9H2,1H3. The molecule has 18 heavy (non-hydrogen) atoms. The monoisotopic (exact) mass is 260 g/mol. The van der Waals surface area contributed by atoms with E-state index in [1.807, 2.05) is 11.8 Å². The lowest BCUT2D eigenvalue weighted by Crippen LogP contribution is -2.40. The predicted octanol–water partition coefficient (Wildman–Crippen LogP) is 2.86. The second-order valence-corrected chi connectivity index (χ2v) is 6.91. The first-order valence-electron chi connectivity index (χ1n) is 7.09. The summed E-state index contributed by atoms with van der Waals surface area (Å²) in [5, 5.41) is 5.87. The van der Waals surface area contributed by atoms with Gasteiger partial charge in [0.15, 0.2) is 0 Å². The molecule has 1 aliphatic carbocycles. The highest BCUT2D eigenvalue weighted by Crippen LogP contribution is 2.49. The van der Waals surface area contributed by atoms with Crippen LogP contribution in [0.4, 0.5) is 0 Å². The van der Waals surface area contributed by atoms with Gasteiger partial charge in [-0.3, -0.25) is 0 Å². The normalized spacial score (nSPS) is 34.6. The van der Waals surface area contributed by atoms with Crippen LogP contribution in [0, 0.1) is 5.92 Å². The fraction of sp³-hybridized carbons (Fsp3) is 0.600. The molecule has 3 aliphatic heterocycles. The molecule has 1 saturated heterocycles. The zero-order valence-corrected chi connectivity index (χ0v) is 11.7. The molecule has 96 valence electrons. The van der Waals surface area contributed by atoms with E-state index in [-0.39, 0.29) is 0 Å². The first kappa shape index (κ1) is 11.2. The van der Waals surface area contributed by atoms with Crippen molar-refractivity contribution in [2.24, 2.45) is 5.92 Å². The predicted molar refractivity (Wildman–Crippen MR) is 77.2 cm³/mol. The van der Waals surface area contributed by atoms with Crippen molar-refractivity contribution in [3.05, 3.63) is 33.2 Å². The van der Waals surface area contributed by atoms with Gasteiger partial charge in [0.05, 0.1) is 11.7 Å². The topological polar surface area (TPSA) is 15.3 Å². The van der Waals surface area contributed by atoms with E-state index in [0.717, 1.165) is 19.0 Å². The van der Waals surface area contributed by atoms with E-state index in [0.29, 0.717) is 6.04 Å². The van der Waals surface area contributed by atoms with E-state index in [1.165, 1.54) is 25.8 Å². The lowest BCUT2D eigenvalue weighted by Gasteiger charge is -2.33. The second-order valence-electron chi connectivity index (χ2n) is 5.91. The SMILES string of the molecule is CC1CC2=C3C(=C4CNCCC4N3CC=CS2)C1. The Morgan fingerprint density at radius 3 is 3.28 bits per heavy atom. The van der Waals surface area contributed by atoms with Crippen LogP contribution >= 0.6 is 11.8 Å². The molecule has 0 aromatic rings. The zero-order chi connectivity index (χ0) is 12.1. The van der Waals surface area contributed by atoms with Crippen LogP contribution < -0.4 is 5.32 Å². The van der Waals surface area contributed by atoms with Gasteiger partial charge in [0.25, 0.3) is 0 Å². The third-order valence-electron chi connectivity index (χ3n) is 4.61. The van der Waals surface area contributed by atoms with Crippen LogP contribution in [-0.4, -0.2) is 30.6 Å². The molecule has 4 rings (SSSR count). The highest BCUT2D eigenvalue weighted by Gasteiger charge is 2.40. The smallest absolute Gasteiger partial charge is 0.0537 e. The lowest BCUT2D eigenvalue weighted by atomic mass is 9.87. The number of hydrogen-bond donors (Lipinski definition) is 1. The molecule has 0 saturated carbocycles. The number of fused-ring (bicyclic) bond motifs is 2. The van der Waals surface area contributed by atoms with E-state index in [4.69, 9.17) is 0 Å². The number of nitrogens with zero attached hydrogens (tertiary/aromatic N) is 1. The summed E-state index contributed by atoms with van der Waals surface area (Å²) >= 11 is 1.97. The van der Waals surface area contributed by atoms with Crippen LogP contribution in [0.15, 0.2) is 33.2 Å². The Hall–Kier alpha value is -0.670. The van der Waals surface area contributed by atoms with Gasteiger partial charge < -0.3 is 10.2 Å². The molecule has 0 amide bonds. The number of hydrogen-bond acceptors (Lipinski definition) is 3. The Balaban J connectivity index is 1.86. The summed E-state index contributed by atoms with van der Waals surface area (Å²) in [7, 11) is 0. The van der Waals surface area contributed by atoms with Crippen LogP contribution in [0.2, 0.25) is 0 Å². The number of piperidine rings is 1. The van der Waals surface area contributed by atoms with Crippen molar-refractivity contribution in [2.75, 3.05) is 19.6 Å². The van der Waals surface area contributed by atoms with Gasteiger partial charge in [0.1, 0.15) is 0 Å². The highest BCUT2D eigenvalue weighted by atomic mass is 32.2. The summed E-state index contributed by atoms with van der Waals surface area (Å²) in [6, 6.07) is 0.694. The van der Waals surface area contributed by atoms with E-state index < -0.39 is 0 Å². The molecule has 2 atom stereocenters. The van der Waals surface area contributed by atoms with E-state index >= 15 is 0 Å². The van der Waals surface area contributed by atoms with Gasteiger partial charge in [0, 0.05) is 18.0 Å². The first-order valence-corrected chi connectivity index (χ1v) is 7.97. The second kappa shape index (κ2) is 4.17. The van der Waals surface area contributed by atoms with Crippen molar-refractivity contribution in [1.29, 1.82) is 0 Å². The Morgan fingerprint density at radius 1 is 1.39 bits per heavy atom. The number of rotatable bonds is 0. The fourth-order valence-electron chi connectivity index (χ4n) is 3.89. The van der Waals surface area contributed by atoms with Crippen LogP contribution in [-0.2, 0) is 0 Å². The molecule has 0 radical (unpaired) electrons. The third kappa shape index (κ3) is 1.53. The minimum Gasteiger partial charge on any atom is -0.360 e. The van der Waals surface area contributed by atoms with Crippen LogP contribution in [0.3, 0.4) is 0 Å². The molecule has 2 unspecified atom stereocenters. The summed E-state index contributed by atoms with van der Waals surface area (Å²) in [5.74, 6) is 0.813. The highest BCUT2D eigenvalue weighted by molar-refractivity contribution is 8.05. The molecule has 2 nitrogen and oxygen atoms in total. The van der Waals surface area contributed by atoms with Gasteiger partial charge in [0.2, 0.25) is 0 Å². The maximum Gasteiger partial charge on any atom is 0.0537 e. The number of allylic oxidation sites excluding steroid dienone is 2. The van der Waals surface area contributed by atoms with Crippen molar-refractivity contribution in [1.82, 2.24) is 10.2 Å². The molecule has 3 heterocycles. The molecule has 1 N–H and O–H groups in total. The zero-order valence-electron chi connectivity index (χ0n) is 10.9. The first-order chi connectivity index (χ1) is 8.84. The maximum absolute atomic E-state index is 3.57. The van der Waals surface area contributed by atoms with Crippen LogP contribution in [0.1, 0.15) is 26.2 Å². The molecule has 0 bridgehead atoms. The summed E-state index contributed by atoms with van der Waals surface area (Å²) in [5.41, 5.74) is 5.01. The van der Waals surface area contributed by atoms with Crippen molar-refractivity contribution in [3.8, 4) is 0 Å². The van der Waals surface area contributed by atoms with Crippen LogP contribution in [0.5, 0.6) is 0 Å². The number of nitrogens with one attached hydrogen (secondary N) is 1. The summed E-state index contributed by atoms with van der Waals surface area (Å²) in [6.45, 7) is 5.81. The fourth-order valence-corrected chi connectivity index (χ4v) is 4.97. The Labute approximate surface area is 113 Å². The van der Waals surface area contributed by atoms with Crippen molar-refractivity contribution in [2.45, 2.75) is 32.2 Å². The molecule has 4 aliphatic rings. The van der Waals surface area contributed by atoms with Gasteiger partial charge in [-0.05, 0) is 48.3 Å². The average Bonchev–Trinajstić information content (AvgIpc) is 2.55. The summed E-state index contributed by atoms with van der Waals surface area (Å²) < 4.78 is 0. The van der Waals surface area contributed by atoms with Gasteiger partial charge in [-0.25, -0.2) is 0 Å².